The van der Waals surface area contributed by atoms with Crippen LogP contribution in [0.5, 0.6) is 11.5 Å². The average Bonchev–Trinajstić information content (AvgIpc) is 2.44. The topological polar surface area (TPSA) is 84.9 Å². The molecule has 1 heterocycles. The number of nitrogens with one attached hydrogen (secondary N) is 1. The minimum Gasteiger partial charge on any atom is -0.493 e. The minimum absolute atomic E-state index is 0.162. The van der Waals surface area contributed by atoms with Crippen LogP contribution in [0.25, 0.3) is 0 Å². The maximum Gasteiger partial charge on any atom is 0.258 e. The fourth-order valence-electron chi connectivity index (χ4n) is 2.01. The van der Waals surface area contributed by atoms with Crippen molar-refractivity contribution in [3.05, 3.63) is 23.8 Å². The number of carbonyl (C=O) groups excluding carboxylic acids is 3. The molecule has 20 heavy (non-hydrogen) atoms. The van der Waals surface area contributed by atoms with E-state index in [2.05, 4.69) is 5.32 Å². The summed E-state index contributed by atoms with van der Waals surface area (Å²) in [6.07, 6.45) is 0. The smallest absolute Gasteiger partial charge is 0.258 e. The normalized spacial score (nSPS) is 14.8. The lowest BCUT2D eigenvalue weighted by atomic mass is 10.1. The van der Waals surface area contributed by atoms with E-state index in [1.807, 2.05) is 0 Å². The molecule has 2 rings (SSSR count). The second kappa shape index (κ2) is 5.60. The van der Waals surface area contributed by atoms with E-state index >= 15 is 0 Å². The Morgan fingerprint density at radius 2 is 1.80 bits per heavy atom. The van der Waals surface area contributed by atoms with Gasteiger partial charge in [0.15, 0.2) is 11.5 Å². The number of hydrogen-bond donors (Lipinski definition) is 1. The molecule has 0 spiro atoms. The van der Waals surface area contributed by atoms with Crippen molar-refractivity contribution < 1.29 is 23.9 Å². The molecule has 3 amide bonds. The summed E-state index contributed by atoms with van der Waals surface area (Å²) in [6, 6.07) is 4.85. The molecular formula is C13H14N2O5. The van der Waals surface area contributed by atoms with Gasteiger partial charge in [-0.05, 0) is 12.1 Å². The Kier molecular flexibility index (Phi) is 3.88. The Morgan fingerprint density at radius 3 is 2.35 bits per heavy atom. The summed E-state index contributed by atoms with van der Waals surface area (Å²) >= 11 is 0. The van der Waals surface area contributed by atoms with E-state index in [-0.39, 0.29) is 24.4 Å². The van der Waals surface area contributed by atoms with Gasteiger partial charge in [-0.15, -0.1) is 0 Å². The number of hydrogen-bond acceptors (Lipinski definition) is 5. The number of rotatable bonds is 3. The van der Waals surface area contributed by atoms with E-state index in [1.165, 1.54) is 19.1 Å². The van der Waals surface area contributed by atoms with Gasteiger partial charge in [-0.1, -0.05) is 6.07 Å². The van der Waals surface area contributed by atoms with Crippen LogP contribution in [0.1, 0.15) is 10.4 Å². The van der Waals surface area contributed by atoms with E-state index in [9.17, 15) is 14.4 Å². The molecule has 0 aromatic heterocycles. The van der Waals surface area contributed by atoms with Gasteiger partial charge in [-0.3, -0.25) is 19.7 Å². The van der Waals surface area contributed by atoms with Crippen LogP contribution in [0.4, 0.5) is 0 Å². The maximum atomic E-state index is 12.4. The molecule has 0 unspecified atom stereocenters. The summed E-state index contributed by atoms with van der Waals surface area (Å²) in [4.78, 5) is 36.2. The molecule has 0 bridgehead atoms. The van der Waals surface area contributed by atoms with Crippen LogP contribution < -0.4 is 14.8 Å². The van der Waals surface area contributed by atoms with E-state index < -0.39 is 17.7 Å². The molecule has 1 saturated heterocycles. The Balaban J connectivity index is 2.33. The third kappa shape index (κ3) is 2.56. The molecule has 0 saturated carbocycles. The quantitative estimate of drug-likeness (QED) is 0.774. The van der Waals surface area contributed by atoms with Gasteiger partial charge in [0.2, 0.25) is 11.8 Å². The fraction of sp³-hybridized carbons (Fsp3) is 0.308. The lowest BCUT2D eigenvalue weighted by Gasteiger charge is -2.26. The highest BCUT2D eigenvalue weighted by Crippen LogP contribution is 2.31. The SMILES string of the molecule is COc1cccc(C(=O)N2CC(=O)NC(=O)C2)c1OC. The number of methoxy groups -OCH3 is 2. The molecule has 1 aliphatic rings. The van der Waals surface area contributed by atoms with Gasteiger partial charge in [0, 0.05) is 0 Å². The van der Waals surface area contributed by atoms with Gasteiger partial charge in [0.1, 0.15) is 13.1 Å². The van der Waals surface area contributed by atoms with Crippen LogP contribution in [0, 0.1) is 0 Å². The van der Waals surface area contributed by atoms with Crippen LogP contribution in [0.15, 0.2) is 18.2 Å². The van der Waals surface area contributed by atoms with Crippen molar-refractivity contribution >= 4 is 17.7 Å². The Bertz CT molecular complexity index is 554. The van der Waals surface area contributed by atoms with Crippen molar-refractivity contribution in [3.8, 4) is 11.5 Å². The van der Waals surface area contributed by atoms with Crippen LogP contribution in [-0.2, 0) is 9.59 Å². The molecule has 0 atom stereocenters. The van der Waals surface area contributed by atoms with Crippen LogP contribution in [0.2, 0.25) is 0 Å². The summed E-state index contributed by atoms with van der Waals surface area (Å²) in [6.45, 7) is -0.324. The van der Waals surface area contributed by atoms with Crippen molar-refractivity contribution in [3.63, 3.8) is 0 Å². The zero-order valence-corrected chi connectivity index (χ0v) is 11.1. The van der Waals surface area contributed by atoms with Gasteiger partial charge >= 0.3 is 0 Å². The summed E-state index contributed by atoms with van der Waals surface area (Å²) in [5.74, 6) is -0.776. The number of nitrogens with zero attached hydrogens (tertiary/aromatic N) is 1. The minimum atomic E-state index is -0.503. The molecule has 106 valence electrons. The second-order valence-electron chi connectivity index (χ2n) is 4.17. The van der Waals surface area contributed by atoms with Crippen LogP contribution >= 0.6 is 0 Å². The van der Waals surface area contributed by atoms with Gasteiger partial charge in [-0.25, -0.2) is 0 Å². The predicted octanol–water partition coefficient (Wildman–Crippen LogP) is -0.198. The third-order valence-electron chi connectivity index (χ3n) is 2.87. The molecule has 0 aliphatic carbocycles. The van der Waals surface area contributed by atoms with Crippen molar-refractivity contribution in [2.24, 2.45) is 0 Å². The monoisotopic (exact) mass is 278 g/mol. The summed E-state index contributed by atoms with van der Waals surface area (Å²) in [5.41, 5.74) is 0.245. The molecule has 1 aromatic carbocycles. The number of para-hydroxylation sites is 1. The Labute approximate surface area is 115 Å². The van der Waals surface area contributed by atoms with Gasteiger partial charge in [-0.2, -0.15) is 0 Å². The lowest BCUT2D eigenvalue weighted by Crippen LogP contribution is -2.53. The standard InChI is InChI=1S/C13H14N2O5/c1-19-9-5-3-4-8(12(9)20-2)13(18)15-6-10(16)14-11(17)7-15/h3-5H,6-7H2,1-2H3,(H,14,16,17). The highest BCUT2D eigenvalue weighted by atomic mass is 16.5. The van der Waals surface area contributed by atoms with Crippen molar-refractivity contribution in [1.82, 2.24) is 10.2 Å². The number of amides is 3. The van der Waals surface area contributed by atoms with Crippen LogP contribution in [-0.4, -0.2) is 49.9 Å². The number of benzene rings is 1. The average molecular weight is 278 g/mol. The Morgan fingerprint density at radius 1 is 1.15 bits per heavy atom. The highest BCUT2D eigenvalue weighted by molar-refractivity contribution is 6.06. The number of imide groups is 1. The largest absolute Gasteiger partial charge is 0.493 e. The zero-order chi connectivity index (χ0) is 14.7. The zero-order valence-electron chi connectivity index (χ0n) is 11.1. The number of carbonyl (C=O) groups is 3. The molecule has 1 fully saturated rings. The summed E-state index contributed by atoms with van der Waals surface area (Å²) in [5, 5.41) is 2.14. The number of piperazine rings is 1. The summed E-state index contributed by atoms with van der Waals surface area (Å²) < 4.78 is 10.3. The highest BCUT2D eigenvalue weighted by Gasteiger charge is 2.29. The van der Waals surface area contributed by atoms with Gasteiger partial charge in [0.05, 0.1) is 19.8 Å². The second-order valence-corrected chi connectivity index (χ2v) is 4.17. The van der Waals surface area contributed by atoms with Crippen molar-refractivity contribution in [2.75, 3.05) is 27.3 Å². The molecule has 7 heteroatoms. The Hall–Kier alpha value is -2.57. The summed E-state index contributed by atoms with van der Waals surface area (Å²) in [7, 11) is 2.88. The number of ether oxygens (including phenoxy) is 2. The first-order valence-corrected chi connectivity index (χ1v) is 5.89. The fourth-order valence-corrected chi connectivity index (χ4v) is 2.01. The van der Waals surface area contributed by atoms with Gasteiger partial charge in [0.25, 0.3) is 5.91 Å². The molecule has 1 aromatic rings. The van der Waals surface area contributed by atoms with Crippen molar-refractivity contribution in [1.29, 1.82) is 0 Å². The molecule has 0 radical (unpaired) electrons. The van der Waals surface area contributed by atoms with E-state index in [1.54, 1.807) is 18.2 Å². The van der Waals surface area contributed by atoms with Crippen LogP contribution in [0.3, 0.4) is 0 Å². The lowest BCUT2D eigenvalue weighted by molar-refractivity contribution is -0.135. The maximum absolute atomic E-state index is 12.4. The van der Waals surface area contributed by atoms with E-state index in [0.29, 0.717) is 5.75 Å². The third-order valence-corrected chi connectivity index (χ3v) is 2.87. The van der Waals surface area contributed by atoms with E-state index in [4.69, 9.17) is 9.47 Å². The first kappa shape index (κ1) is 13.9. The van der Waals surface area contributed by atoms with Crippen molar-refractivity contribution in [2.45, 2.75) is 0 Å². The molecule has 1 N–H and O–H groups in total. The molecule has 1 aliphatic heterocycles. The predicted molar refractivity (Wildman–Crippen MR) is 68.6 cm³/mol. The first-order chi connectivity index (χ1) is 9.56. The molecular weight excluding hydrogens is 264 g/mol. The van der Waals surface area contributed by atoms with E-state index in [0.717, 1.165) is 0 Å². The first-order valence-electron chi connectivity index (χ1n) is 5.89. The molecule has 7 nitrogen and oxygen atoms in total. The van der Waals surface area contributed by atoms with Gasteiger partial charge < -0.3 is 14.4 Å².